The van der Waals surface area contributed by atoms with E-state index in [2.05, 4.69) is 0 Å². The van der Waals surface area contributed by atoms with Crippen molar-refractivity contribution in [1.82, 2.24) is 0 Å². The van der Waals surface area contributed by atoms with Gasteiger partial charge in [0.05, 0.1) is 15.7 Å². The minimum absolute atomic E-state index is 0. The van der Waals surface area contributed by atoms with Crippen molar-refractivity contribution in [3.05, 3.63) is 46.4 Å². The molecule has 0 aromatic heterocycles. The fourth-order valence-electron chi connectivity index (χ4n) is 1.46. The minimum Gasteiger partial charge on any atom is -0.399 e. The molecule has 0 saturated heterocycles. The van der Waals surface area contributed by atoms with E-state index in [-0.39, 0.29) is 24.8 Å². The molecule has 0 bridgehead atoms. The van der Waals surface area contributed by atoms with E-state index in [0.717, 1.165) is 11.1 Å². The summed E-state index contributed by atoms with van der Waals surface area (Å²) in [5, 5.41) is 1.12. The lowest BCUT2D eigenvalue weighted by atomic mass is 10.0. The molecule has 0 heterocycles. The summed E-state index contributed by atoms with van der Waals surface area (Å²) in [6, 6.07) is 10.8. The highest BCUT2D eigenvalue weighted by atomic mass is 35.5. The highest BCUT2D eigenvalue weighted by molar-refractivity contribution is 6.34. The molecule has 98 valence electrons. The zero-order valence-corrected chi connectivity index (χ0v) is 12.3. The summed E-state index contributed by atoms with van der Waals surface area (Å²) in [4.78, 5) is 0. The molecule has 0 radical (unpaired) electrons. The summed E-state index contributed by atoms with van der Waals surface area (Å²) in [5.74, 6) is 0. The Morgan fingerprint density at radius 1 is 0.778 bits per heavy atom. The van der Waals surface area contributed by atoms with Crippen LogP contribution >= 0.6 is 48.0 Å². The van der Waals surface area contributed by atoms with Crippen LogP contribution in [0.3, 0.4) is 0 Å². The Labute approximate surface area is 128 Å². The van der Waals surface area contributed by atoms with Gasteiger partial charge in [-0.15, -0.1) is 24.8 Å². The summed E-state index contributed by atoms with van der Waals surface area (Å²) in [5.41, 5.74) is 14.3. The topological polar surface area (TPSA) is 52.0 Å². The average molecular weight is 326 g/mol. The zero-order chi connectivity index (χ0) is 11.7. The van der Waals surface area contributed by atoms with Gasteiger partial charge in [0.25, 0.3) is 0 Å². The molecule has 2 aromatic rings. The quantitative estimate of drug-likeness (QED) is 0.749. The van der Waals surface area contributed by atoms with E-state index in [1.54, 1.807) is 24.3 Å². The second-order valence-electron chi connectivity index (χ2n) is 3.48. The van der Waals surface area contributed by atoms with Crippen molar-refractivity contribution in [3.63, 3.8) is 0 Å². The third-order valence-electron chi connectivity index (χ3n) is 2.30. The van der Waals surface area contributed by atoms with Crippen molar-refractivity contribution >= 4 is 59.4 Å². The smallest absolute Gasteiger partial charge is 0.0641 e. The first-order chi connectivity index (χ1) is 7.58. The van der Waals surface area contributed by atoms with E-state index in [1.807, 2.05) is 12.1 Å². The van der Waals surface area contributed by atoms with Gasteiger partial charge >= 0.3 is 0 Å². The van der Waals surface area contributed by atoms with Gasteiger partial charge in [-0.05, 0) is 29.8 Å². The Hall–Kier alpha value is -0.800. The van der Waals surface area contributed by atoms with Crippen LogP contribution in [-0.4, -0.2) is 0 Å². The molecule has 0 unspecified atom stereocenters. The molecule has 0 saturated carbocycles. The first-order valence-corrected chi connectivity index (χ1v) is 5.44. The highest BCUT2D eigenvalue weighted by Gasteiger charge is 2.05. The number of hydrogen-bond donors (Lipinski definition) is 2. The molecule has 6 heteroatoms. The van der Waals surface area contributed by atoms with E-state index in [9.17, 15) is 0 Å². The van der Waals surface area contributed by atoms with Crippen LogP contribution in [0.2, 0.25) is 10.0 Å². The Bertz CT molecular complexity index is 544. The molecule has 0 atom stereocenters. The minimum atomic E-state index is 0. The second-order valence-corrected chi connectivity index (χ2v) is 4.29. The normalized spacial score (nSPS) is 9.22. The van der Waals surface area contributed by atoms with Crippen molar-refractivity contribution in [2.45, 2.75) is 0 Å². The summed E-state index contributed by atoms with van der Waals surface area (Å²) in [6.07, 6.45) is 0. The van der Waals surface area contributed by atoms with Crippen LogP contribution < -0.4 is 11.5 Å². The van der Waals surface area contributed by atoms with Crippen LogP contribution in [0, 0.1) is 0 Å². The molecule has 0 spiro atoms. The van der Waals surface area contributed by atoms with Crippen LogP contribution in [0.25, 0.3) is 11.1 Å². The molecule has 2 nitrogen and oxygen atoms in total. The van der Waals surface area contributed by atoms with Crippen molar-refractivity contribution in [1.29, 1.82) is 0 Å². The molecule has 0 aliphatic carbocycles. The van der Waals surface area contributed by atoms with Gasteiger partial charge in [-0.2, -0.15) is 0 Å². The standard InChI is InChI=1S/C12H10Cl2N2.2ClH/c13-10-6-8(15)2-3-9(10)7-1-4-12(16)11(14)5-7;;/h1-6H,15-16H2;2*1H. The van der Waals surface area contributed by atoms with E-state index < -0.39 is 0 Å². The van der Waals surface area contributed by atoms with Gasteiger partial charge in [-0.1, -0.05) is 35.3 Å². The fraction of sp³-hybridized carbons (Fsp3) is 0. The molecule has 0 aliphatic heterocycles. The molecular formula is C12H12Cl4N2. The van der Waals surface area contributed by atoms with Crippen LogP contribution in [-0.2, 0) is 0 Å². The number of anilines is 2. The number of benzene rings is 2. The predicted octanol–water partition coefficient (Wildman–Crippen LogP) is 4.67. The van der Waals surface area contributed by atoms with E-state index in [1.165, 1.54) is 0 Å². The van der Waals surface area contributed by atoms with Gasteiger partial charge in [0, 0.05) is 11.3 Å². The second kappa shape index (κ2) is 6.95. The Morgan fingerprint density at radius 2 is 1.44 bits per heavy atom. The number of hydrogen-bond acceptors (Lipinski definition) is 2. The number of halogens is 4. The number of nitrogen functional groups attached to an aromatic ring is 2. The summed E-state index contributed by atoms with van der Waals surface area (Å²) >= 11 is 12.1. The van der Waals surface area contributed by atoms with E-state index in [0.29, 0.717) is 21.4 Å². The lowest BCUT2D eigenvalue weighted by molar-refractivity contribution is 1.60. The van der Waals surface area contributed by atoms with Crippen LogP contribution in [0.15, 0.2) is 36.4 Å². The molecule has 2 rings (SSSR count). The molecular weight excluding hydrogens is 314 g/mol. The average Bonchev–Trinajstić information content (AvgIpc) is 2.22. The molecule has 18 heavy (non-hydrogen) atoms. The van der Waals surface area contributed by atoms with E-state index >= 15 is 0 Å². The summed E-state index contributed by atoms with van der Waals surface area (Å²) < 4.78 is 0. The first-order valence-electron chi connectivity index (χ1n) is 4.68. The third-order valence-corrected chi connectivity index (χ3v) is 2.94. The van der Waals surface area contributed by atoms with Gasteiger partial charge in [-0.3, -0.25) is 0 Å². The first kappa shape index (κ1) is 17.2. The largest absolute Gasteiger partial charge is 0.399 e. The molecule has 2 aromatic carbocycles. The van der Waals surface area contributed by atoms with Gasteiger partial charge in [0.1, 0.15) is 0 Å². The SMILES string of the molecule is Cl.Cl.Nc1ccc(-c2ccc(N)c(Cl)c2)c(Cl)c1. The van der Waals surface area contributed by atoms with Crippen LogP contribution in [0.4, 0.5) is 11.4 Å². The predicted molar refractivity (Wildman–Crippen MR) is 85.2 cm³/mol. The lowest BCUT2D eigenvalue weighted by Crippen LogP contribution is -1.88. The van der Waals surface area contributed by atoms with Gasteiger partial charge in [0.15, 0.2) is 0 Å². The Kier molecular flexibility index (Phi) is 6.64. The number of nitrogens with two attached hydrogens (primary N) is 2. The molecule has 4 N–H and O–H groups in total. The maximum absolute atomic E-state index is 6.10. The van der Waals surface area contributed by atoms with Gasteiger partial charge in [0.2, 0.25) is 0 Å². The van der Waals surface area contributed by atoms with Gasteiger partial charge < -0.3 is 11.5 Å². The van der Waals surface area contributed by atoms with Gasteiger partial charge in [-0.25, -0.2) is 0 Å². The summed E-state index contributed by atoms with van der Waals surface area (Å²) in [7, 11) is 0. The maximum Gasteiger partial charge on any atom is 0.0641 e. The Balaban J connectivity index is 0.00000144. The van der Waals surface area contributed by atoms with Crippen molar-refractivity contribution in [2.75, 3.05) is 11.5 Å². The molecule has 0 amide bonds. The third kappa shape index (κ3) is 3.59. The maximum atomic E-state index is 6.10. The summed E-state index contributed by atoms with van der Waals surface area (Å²) in [6.45, 7) is 0. The van der Waals surface area contributed by atoms with Crippen LogP contribution in [0.1, 0.15) is 0 Å². The monoisotopic (exact) mass is 324 g/mol. The fourth-order valence-corrected chi connectivity index (χ4v) is 1.94. The van der Waals surface area contributed by atoms with Crippen molar-refractivity contribution in [2.24, 2.45) is 0 Å². The van der Waals surface area contributed by atoms with E-state index in [4.69, 9.17) is 34.7 Å². The zero-order valence-electron chi connectivity index (χ0n) is 9.19. The molecule has 0 aliphatic rings. The highest BCUT2D eigenvalue weighted by Crippen LogP contribution is 2.32. The van der Waals surface area contributed by atoms with Crippen molar-refractivity contribution < 1.29 is 0 Å². The van der Waals surface area contributed by atoms with Crippen LogP contribution in [0.5, 0.6) is 0 Å². The van der Waals surface area contributed by atoms with Crippen molar-refractivity contribution in [3.8, 4) is 11.1 Å². The lowest BCUT2D eigenvalue weighted by Gasteiger charge is -2.07. The Morgan fingerprint density at radius 3 is 2.00 bits per heavy atom. The molecule has 0 fully saturated rings. The number of rotatable bonds is 1.